The van der Waals surface area contributed by atoms with Crippen molar-refractivity contribution < 1.29 is 18.0 Å². The van der Waals surface area contributed by atoms with Crippen LogP contribution in [0.5, 0.6) is 0 Å². The van der Waals surface area contributed by atoms with Gasteiger partial charge >= 0.3 is 12.2 Å². The highest BCUT2D eigenvalue weighted by Gasteiger charge is 2.37. The first-order chi connectivity index (χ1) is 9.29. The lowest BCUT2D eigenvalue weighted by Crippen LogP contribution is -2.32. The lowest BCUT2D eigenvalue weighted by Gasteiger charge is -2.11. The van der Waals surface area contributed by atoms with Crippen LogP contribution in [0.3, 0.4) is 0 Å². The summed E-state index contributed by atoms with van der Waals surface area (Å²) in [4.78, 5) is 14.1. The largest absolute Gasteiger partial charge is 0.449 e. The fourth-order valence-corrected chi connectivity index (χ4v) is 1.88. The second-order valence-electron chi connectivity index (χ2n) is 4.12. The quantitative estimate of drug-likeness (QED) is 0.742. The Labute approximate surface area is 111 Å². The summed E-state index contributed by atoms with van der Waals surface area (Å²) in [5, 5.41) is 2.24. The molecule has 0 saturated carbocycles. The van der Waals surface area contributed by atoms with Gasteiger partial charge in [0.05, 0.1) is 11.0 Å². The summed E-state index contributed by atoms with van der Waals surface area (Å²) in [6.45, 7) is -0.132. The van der Waals surface area contributed by atoms with Gasteiger partial charge in [0.2, 0.25) is 5.82 Å². The average molecular weight is 287 g/mol. The molecule has 0 spiro atoms. The van der Waals surface area contributed by atoms with Crippen molar-refractivity contribution in [3.63, 3.8) is 0 Å². The third-order valence-corrected chi connectivity index (χ3v) is 2.66. The number of anilines is 1. The number of carbonyl (C=O) groups is 1. The van der Waals surface area contributed by atoms with E-state index in [2.05, 4.69) is 10.3 Å². The first-order valence-corrected chi connectivity index (χ1v) is 5.65. The molecule has 0 fully saturated rings. The molecule has 0 saturated heterocycles. The van der Waals surface area contributed by atoms with Gasteiger partial charge in [-0.2, -0.15) is 13.2 Å². The molecule has 0 aliphatic heterocycles. The number of urea groups is 1. The molecular formula is C11H12F3N5O. The van der Waals surface area contributed by atoms with Crippen LogP contribution in [-0.2, 0) is 12.7 Å². The Hall–Kier alpha value is -2.45. The number of hydrogen-bond acceptors (Lipinski definition) is 3. The zero-order valence-electron chi connectivity index (χ0n) is 10.2. The number of nitrogens with one attached hydrogen (secondary N) is 1. The van der Waals surface area contributed by atoms with E-state index in [1.54, 1.807) is 0 Å². The monoisotopic (exact) mass is 287 g/mol. The van der Waals surface area contributed by atoms with Crippen LogP contribution in [0.4, 0.5) is 23.7 Å². The molecule has 1 heterocycles. The van der Waals surface area contributed by atoms with Gasteiger partial charge in [0.25, 0.3) is 0 Å². The predicted octanol–water partition coefficient (Wildman–Crippen LogP) is 1.31. The molecule has 9 heteroatoms. The van der Waals surface area contributed by atoms with E-state index in [4.69, 9.17) is 11.5 Å². The lowest BCUT2D eigenvalue weighted by molar-refractivity contribution is -0.146. The zero-order chi connectivity index (χ0) is 14.9. The number of aromatic nitrogens is 2. The molecule has 0 atom stereocenters. The van der Waals surface area contributed by atoms with Crippen molar-refractivity contribution in [3.8, 4) is 0 Å². The molecule has 0 unspecified atom stereocenters. The molecule has 1 aromatic heterocycles. The number of carbonyl (C=O) groups excluding carboxylic acids is 1. The maximum atomic E-state index is 12.9. The van der Waals surface area contributed by atoms with E-state index in [1.165, 1.54) is 18.2 Å². The number of hydrogen-bond donors (Lipinski definition) is 3. The topological polar surface area (TPSA) is 99.0 Å². The van der Waals surface area contributed by atoms with Crippen molar-refractivity contribution in [1.82, 2.24) is 14.9 Å². The SMILES string of the molecule is NC(=O)NCCn1c(C(F)(F)F)nc2cc(N)ccc21. The number of benzene rings is 1. The third-order valence-electron chi connectivity index (χ3n) is 2.66. The molecule has 20 heavy (non-hydrogen) atoms. The van der Waals surface area contributed by atoms with Crippen LogP contribution in [0.1, 0.15) is 5.82 Å². The van der Waals surface area contributed by atoms with E-state index in [9.17, 15) is 18.0 Å². The molecule has 0 radical (unpaired) electrons. The minimum absolute atomic E-state index is 0.0335. The molecule has 1 aromatic carbocycles. The molecule has 6 nitrogen and oxygen atoms in total. The van der Waals surface area contributed by atoms with Gasteiger partial charge in [0.1, 0.15) is 0 Å². The van der Waals surface area contributed by atoms with E-state index in [0.717, 1.165) is 4.57 Å². The standard InChI is InChI=1S/C11H12F3N5O/c12-11(13,14)9-18-7-5-6(15)1-2-8(7)19(9)4-3-17-10(16)20/h1-2,5H,3-4,15H2,(H3,16,17,20). The van der Waals surface area contributed by atoms with Crippen LogP contribution >= 0.6 is 0 Å². The van der Waals surface area contributed by atoms with Crippen LogP contribution in [0.2, 0.25) is 0 Å². The molecule has 2 aromatic rings. The first kappa shape index (κ1) is 14.0. The lowest BCUT2D eigenvalue weighted by atomic mass is 10.3. The van der Waals surface area contributed by atoms with Crippen molar-refractivity contribution in [1.29, 1.82) is 0 Å². The average Bonchev–Trinajstić information content (AvgIpc) is 2.66. The van der Waals surface area contributed by atoms with Gasteiger partial charge in [0.15, 0.2) is 0 Å². The molecule has 108 valence electrons. The molecular weight excluding hydrogens is 275 g/mol. The number of nitrogens with two attached hydrogens (primary N) is 2. The number of alkyl halides is 3. The van der Waals surface area contributed by atoms with Gasteiger partial charge in [0, 0.05) is 18.8 Å². The molecule has 5 N–H and O–H groups in total. The number of primary amides is 1. The minimum Gasteiger partial charge on any atom is -0.399 e. The molecule has 2 amide bonds. The summed E-state index contributed by atoms with van der Waals surface area (Å²) in [5.74, 6) is -1.04. The van der Waals surface area contributed by atoms with Crippen molar-refractivity contribution in [2.24, 2.45) is 5.73 Å². The van der Waals surface area contributed by atoms with Gasteiger partial charge in [-0.3, -0.25) is 0 Å². The van der Waals surface area contributed by atoms with Crippen molar-refractivity contribution in [2.75, 3.05) is 12.3 Å². The van der Waals surface area contributed by atoms with Crippen LogP contribution in [0, 0.1) is 0 Å². The summed E-state index contributed by atoms with van der Waals surface area (Å²) in [5.41, 5.74) is 11.2. The maximum Gasteiger partial charge on any atom is 0.449 e. The number of fused-ring (bicyclic) bond motifs is 1. The van der Waals surface area contributed by atoms with E-state index < -0.39 is 18.0 Å². The van der Waals surface area contributed by atoms with Gasteiger partial charge in [-0.1, -0.05) is 0 Å². The first-order valence-electron chi connectivity index (χ1n) is 5.65. The molecule has 0 aliphatic carbocycles. The maximum absolute atomic E-state index is 12.9. The number of halogens is 3. The Balaban J connectivity index is 2.45. The highest BCUT2D eigenvalue weighted by Crippen LogP contribution is 2.31. The fraction of sp³-hybridized carbons (Fsp3) is 0.273. The number of rotatable bonds is 3. The molecule has 0 aliphatic rings. The van der Waals surface area contributed by atoms with E-state index in [0.29, 0.717) is 5.69 Å². The highest BCUT2D eigenvalue weighted by molar-refractivity contribution is 5.79. The summed E-state index contributed by atoms with van der Waals surface area (Å²) >= 11 is 0. The van der Waals surface area contributed by atoms with Gasteiger partial charge in [-0.05, 0) is 18.2 Å². The number of amides is 2. The molecule has 2 rings (SSSR count). The van der Waals surface area contributed by atoms with Crippen molar-refractivity contribution in [2.45, 2.75) is 12.7 Å². The predicted molar refractivity (Wildman–Crippen MR) is 66.7 cm³/mol. The number of imidazole rings is 1. The second kappa shape index (κ2) is 4.91. The second-order valence-corrected chi connectivity index (χ2v) is 4.12. The normalized spacial score (nSPS) is 11.8. The minimum atomic E-state index is -4.60. The van der Waals surface area contributed by atoms with Gasteiger partial charge in [-0.15, -0.1) is 0 Å². The van der Waals surface area contributed by atoms with E-state index >= 15 is 0 Å². The fourth-order valence-electron chi connectivity index (χ4n) is 1.88. The summed E-state index contributed by atoms with van der Waals surface area (Å²) in [6.07, 6.45) is -4.60. The van der Waals surface area contributed by atoms with Crippen LogP contribution < -0.4 is 16.8 Å². The Kier molecular flexibility index (Phi) is 3.43. The Morgan fingerprint density at radius 1 is 1.40 bits per heavy atom. The number of nitrogen functional groups attached to an aromatic ring is 1. The smallest absolute Gasteiger partial charge is 0.399 e. The van der Waals surface area contributed by atoms with Crippen LogP contribution in [0.25, 0.3) is 11.0 Å². The molecule has 0 bridgehead atoms. The van der Waals surface area contributed by atoms with E-state index in [1.807, 2.05) is 0 Å². The van der Waals surface area contributed by atoms with Gasteiger partial charge < -0.3 is 21.4 Å². The van der Waals surface area contributed by atoms with Crippen molar-refractivity contribution >= 4 is 22.8 Å². The Morgan fingerprint density at radius 3 is 2.70 bits per heavy atom. The van der Waals surface area contributed by atoms with Crippen molar-refractivity contribution in [3.05, 3.63) is 24.0 Å². The van der Waals surface area contributed by atoms with Crippen LogP contribution in [0.15, 0.2) is 18.2 Å². The summed E-state index contributed by atoms with van der Waals surface area (Å²) < 4.78 is 39.8. The zero-order valence-corrected chi connectivity index (χ0v) is 10.2. The summed E-state index contributed by atoms with van der Waals surface area (Å²) in [6, 6.07) is 3.51. The summed E-state index contributed by atoms with van der Waals surface area (Å²) in [7, 11) is 0. The number of nitrogens with zero attached hydrogens (tertiary/aromatic N) is 2. The van der Waals surface area contributed by atoms with E-state index in [-0.39, 0.29) is 24.1 Å². The third kappa shape index (κ3) is 2.76. The highest BCUT2D eigenvalue weighted by atomic mass is 19.4. The Bertz CT molecular complexity index is 649. The van der Waals surface area contributed by atoms with Gasteiger partial charge in [-0.25, -0.2) is 9.78 Å². The Morgan fingerprint density at radius 2 is 2.10 bits per heavy atom. The van der Waals surface area contributed by atoms with Crippen LogP contribution in [-0.4, -0.2) is 22.1 Å².